The van der Waals surface area contributed by atoms with Crippen LogP contribution < -0.4 is 0 Å². The molecule has 2 aromatic carbocycles. The Morgan fingerprint density at radius 1 is 1.30 bits per heavy atom. The van der Waals surface area contributed by atoms with E-state index in [4.69, 9.17) is 9.73 Å². The third-order valence-electron chi connectivity index (χ3n) is 5.19. The van der Waals surface area contributed by atoms with Crippen LogP contribution in [0.25, 0.3) is 0 Å². The molecule has 2 aromatic rings. The number of ketones is 1. The summed E-state index contributed by atoms with van der Waals surface area (Å²) in [5, 5.41) is 0.755. The molecular weight excluding hydrogens is 429 g/mol. The van der Waals surface area contributed by atoms with Crippen LogP contribution in [0.2, 0.25) is 0 Å². The van der Waals surface area contributed by atoms with Crippen molar-refractivity contribution in [2.45, 2.75) is 18.4 Å². The minimum absolute atomic E-state index is 0.0295. The third-order valence-corrected chi connectivity index (χ3v) is 6.82. The first-order valence-corrected chi connectivity index (χ1v) is 10.7. The summed E-state index contributed by atoms with van der Waals surface area (Å²) in [4.78, 5) is 17.6. The third kappa shape index (κ3) is 3.75. The van der Waals surface area contributed by atoms with E-state index in [1.807, 2.05) is 30.3 Å². The largest absolute Gasteiger partial charge is 0.379 e. The molecule has 1 saturated heterocycles. The number of nitrogens with zero attached hydrogens (tertiary/aromatic N) is 1. The highest BCUT2D eigenvalue weighted by atomic mass is 79.9. The lowest BCUT2D eigenvalue weighted by molar-refractivity contribution is 0.00295. The predicted octanol–water partition coefficient (Wildman–Crippen LogP) is 5.24. The summed E-state index contributed by atoms with van der Waals surface area (Å²) < 4.78 is 21.3. The van der Waals surface area contributed by atoms with E-state index in [1.165, 1.54) is 6.07 Å². The van der Waals surface area contributed by atoms with Crippen LogP contribution >= 0.6 is 27.7 Å². The smallest absolute Gasteiger partial charge is 0.169 e. The van der Waals surface area contributed by atoms with Gasteiger partial charge in [-0.05, 0) is 24.6 Å². The molecule has 0 unspecified atom stereocenters. The zero-order valence-corrected chi connectivity index (χ0v) is 17.1. The van der Waals surface area contributed by atoms with E-state index < -0.39 is 5.54 Å². The van der Waals surface area contributed by atoms with E-state index in [-0.39, 0.29) is 23.9 Å². The van der Waals surface area contributed by atoms with Crippen molar-refractivity contribution >= 4 is 38.5 Å². The van der Waals surface area contributed by atoms with Gasteiger partial charge in [0.25, 0.3) is 0 Å². The lowest BCUT2D eigenvalue weighted by Gasteiger charge is -2.44. The Balaban J connectivity index is 1.71. The normalized spacial score (nSPS) is 24.8. The first-order chi connectivity index (χ1) is 13.1. The van der Waals surface area contributed by atoms with E-state index in [1.54, 1.807) is 23.9 Å². The van der Waals surface area contributed by atoms with Crippen LogP contribution in [0.4, 0.5) is 4.39 Å². The van der Waals surface area contributed by atoms with Gasteiger partial charge in [-0.15, -0.1) is 11.8 Å². The van der Waals surface area contributed by atoms with Crippen molar-refractivity contribution < 1.29 is 13.9 Å². The zero-order chi connectivity index (χ0) is 18.9. The minimum Gasteiger partial charge on any atom is -0.379 e. The van der Waals surface area contributed by atoms with Gasteiger partial charge < -0.3 is 4.74 Å². The summed E-state index contributed by atoms with van der Waals surface area (Å²) >= 11 is 5.06. The van der Waals surface area contributed by atoms with E-state index in [0.717, 1.165) is 21.7 Å². The van der Waals surface area contributed by atoms with Gasteiger partial charge in [0.05, 0.1) is 18.1 Å². The maximum atomic E-state index is 14.8. The van der Waals surface area contributed by atoms with Gasteiger partial charge in [-0.2, -0.15) is 0 Å². The van der Waals surface area contributed by atoms with Crippen LogP contribution in [0.1, 0.15) is 28.8 Å². The minimum atomic E-state index is -0.760. The number of Topliss-reactive ketones (excluding diaryl/α,β-unsaturated/α-hetero) is 1. The number of halogens is 2. The number of hydrogen-bond acceptors (Lipinski definition) is 4. The first kappa shape index (κ1) is 18.8. The quantitative estimate of drug-likeness (QED) is 0.601. The fourth-order valence-electron chi connectivity index (χ4n) is 3.75. The van der Waals surface area contributed by atoms with Crippen molar-refractivity contribution in [2.75, 3.05) is 19.0 Å². The second kappa shape index (κ2) is 7.86. The number of carbonyl (C=O) groups excluding carboxylic acids is 1. The van der Waals surface area contributed by atoms with Crippen molar-refractivity contribution in [3.05, 3.63) is 69.9 Å². The lowest BCUT2D eigenvalue weighted by atomic mass is 9.76. The SMILES string of the molecule is O=C(CC1=N[C@@]2(c3cc(Br)ccc3F)COCC[C@H]2CS1)c1ccccc1. The van der Waals surface area contributed by atoms with Gasteiger partial charge in [-0.1, -0.05) is 46.3 Å². The Labute approximate surface area is 170 Å². The second-order valence-electron chi connectivity index (χ2n) is 6.87. The van der Waals surface area contributed by atoms with Crippen molar-refractivity contribution in [1.82, 2.24) is 0 Å². The molecule has 0 spiro atoms. The molecule has 0 radical (unpaired) electrons. The maximum absolute atomic E-state index is 14.8. The summed E-state index contributed by atoms with van der Waals surface area (Å²) in [5.41, 5.74) is 0.459. The number of aliphatic imine (C=N–C) groups is 1. The molecule has 140 valence electrons. The standard InChI is InChI=1S/C21H19BrFNO2S/c22-16-6-7-18(23)17(10-16)21-13-26-9-8-15(21)12-27-20(24-21)11-19(25)14-4-2-1-3-5-14/h1-7,10,15H,8-9,11-13H2/t15-,21-/m0/s1. The number of thioether (sulfide) groups is 1. The lowest BCUT2D eigenvalue weighted by Crippen LogP contribution is -2.47. The number of benzene rings is 2. The van der Waals surface area contributed by atoms with Gasteiger partial charge in [-0.3, -0.25) is 9.79 Å². The molecule has 0 N–H and O–H groups in total. The topological polar surface area (TPSA) is 38.7 Å². The van der Waals surface area contributed by atoms with Crippen LogP contribution in [0.5, 0.6) is 0 Å². The van der Waals surface area contributed by atoms with E-state index >= 15 is 0 Å². The van der Waals surface area contributed by atoms with Crippen molar-refractivity contribution in [1.29, 1.82) is 0 Å². The highest BCUT2D eigenvalue weighted by Crippen LogP contribution is 2.46. The zero-order valence-electron chi connectivity index (χ0n) is 14.7. The number of fused-ring (bicyclic) bond motifs is 1. The first-order valence-electron chi connectivity index (χ1n) is 8.91. The number of ether oxygens (including phenoxy) is 1. The molecule has 27 heavy (non-hydrogen) atoms. The molecule has 3 nitrogen and oxygen atoms in total. The molecule has 0 bridgehead atoms. The fourth-order valence-corrected chi connectivity index (χ4v) is 5.41. The summed E-state index contributed by atoms with van der Waals surface area (Å²) in [7, 11) is 0. The molecule has 2 aliphatic heterocycles. The van der Waals surface area contributed by atoms with Crippen LogP contribution in [-0.2, 0) is 10.3 Å². The van der Waals surface area contributed by atoms with Gasteiger partial charge in [-0.25, -0.2) is 4.39 Å². The Hall–Kier alpha value is -1.50. The molecule has 0 saturated carbocycles. The van der Waals surface area contributed by atoms with E-state index in [9.17, 15) is 9.18 Å². The molecule has 2 aliphatic rings. The van der Waals surface area contributed by atoms with Gasteiger partial charge in [0, 0.05) is 33.9 Å². The fraction of sp³-hybridized carbons (Fsp3) is 0.333. The molecule has 1 fully saturated rings. The second-order valence-corrected chi connectivity index (χ2v) is 8.88. The summed E-state index contributed by atoms with van der Waals surface area (Å²) in [6.45, 7) is 1.00. The maximum Gasteiger partial charge on any atom is 0.169 e. The molecule has 4 rings (SSSR count). The highest BCUT2D eigenvalue weighted by molar-refractivity contribution is 9.10. The van der Waals surface area contributed by atoms with Crippen LogP contribution in [-0.4, -0.2) is 29.8 Å². The van der Waals surface area contributed by atoms with Gasteiger partial charge in [0.2, 0.25) is 0 Å². The molecular formula is C21H19BrFNO2S. The predicted molar refractivity (Wildman–Crippen MR) is 110 cm³/mol. The monoisotopic (exact) mass is 447 g/mol. The number of carbonyl (C=O) groups is 1. The van der Waals surface area contributed by atoms with Crippen LogP contribution in [0.15, 0.2) is 58.0 Å². The van der Waals surface area contributed by atoms with E-state index in [2.05, 4.69) is 15.9 Å². The molecule has 6 heteroatoms. The molecule has 2 atom stereocenters. The van der Waals surface area contributed by atoms with Crippen LogP contribution in [0.3, 0.4) is 0 Å². The van der Waals surface area contributed by atoms with Crippen molar-refractivity contribution in [3.8, 4) is 0 Å². The van der Waals surface area contributed by atoms with E-state index in [0.29, 0.717) is 24.3 Å². The summed E-state index contributed by atoms with van der Waals surface area (Å²) in [5.74, 6) is 0.756. The molecule has 0 amide bonds. The molecule has 2 heterocycles. The number of rotatable bonds is 4. The highest BCUT2D eigenvalue weighted by Gasteiger charge is 2.47. The Morgan fingerprint density at radius 2 is 2.11 bits per heavy atom. The summed E-state index contributed by atoms with van der Waals surface area (Å²) in [6.07, 6.45) is 1.07. The average molecular weight is 448 g/mol. The summed E-state index contributed by atoms with van der Waals surface area (Å²) in [6, 6.07) is 14.2. The van der Waals surface area contributed by atoms with Crippen LogP contribution in [0, 0.1) is 11.7 Å². The average Bonchev–Trinajstić information content (AvgIpc) is 2.70. The Kier molecular flexibility index (Phi) is 5.48. The molecule has 0 aromatic heterocycles. The van der Waals surface area contributed by atoms with Crippen molar-refractivity contribution in [3.63, 3.8) is 0 Å². The number of hydrogen-bond donors (Lipinski definition) is 0. The molecule has 0 aliphatic carbocycles. The Morgan fingerprint density at radius 3 is 2.93 bits per heavy atom. The van der Waals surface area contributed by atoms with Gasteiger partial charge in [0.15, 0.2) is 5.78 Å². The Bertz CT molecular complexity index is 889. The van der Waals surface area contributed by atoms with Gasteiger partial charge >= 0.3 is 0 Å². The van der Waals surface area contributed by atoms with Gasteiger partial charge in [0.1, 0.15) is 11.4 Å². The van der Waals surface area contributed by atoms with Crippen molar-refractivity contribution in [2.24, 2.45) is 10.9 Å².